The topological polar surface area (TPSA) is 57.8 Å². The first-order chi connectivity index (χ1) is 9.02. The second kappa shape index (κ2) is 4.08. The number of amides is 1. The minimum atomic E-state index is -0.460. The Kier molecular flexibility index (Phi) is 2.62. The molecule has 0 atom stereocenters. The fraction of sp³-hybridized carbons (Fsp3) is 0.467. The number of nitrogens with one attached hydrogen (secondary N) is 2. The van der Waals surface area contributed by atoms with Gasteiger partial charge in [-0.05, 0) is 38.0 Å². The summed E-state index contributed by atoms with van der Waals surface area (Å²) in [4.78, 5) is 19.9. The van der Waals surface area contributed by atoms with Crippen LogP contribution in [0.25, 0.3) is 11.0 Å². The number of nitrogens with zero attached hydrogens (tertiary/aromatic N) is 1. The third-order valence-corrected chi connectivity index (χ3v) is 3.93. The molecule has 0 spiro atoms. The maximum Gasteiger partial charge on any atom is 0.234 e. The summed E-state index contributed by atoms with van der Waals surface area (Å²) >= 11 is 0. The van der Waals surface area contributed by atoms with Gasteiger partial charge in [-0.2, -0.15) is 0 Å². The number of anilines is 1. The number of imidazole rings is 1. The number of aromatic amines is 1. The molecule has 1 aliphatic rings. The fourth-order valence-electron chi connectivity index (χ4n) is 2.59. The maximum atomic E-state index is 11.9. The van der Waals surface area contributed by atoms with E-state index in [0.29, 0.717) is 0 Å². The van der Waals surface area contributed by atoms with Gasteiger partial charge in [0.2, 0.25) is 5.91 Å². The molecule has 1 aromatic heterocycles. The number of carbonyl (C=O) groups is 1. The number of hydrogen-bond donors (Lipinski definition) is 2. The zero-order chi connectivity index (χ0) is 13.6. The minimum Gasteiger partial charge on any atom is -0.342 e. The molecule has 4 heteroatoms. The number of benzene rings is 1. The summed E-state index contributed by atoms with van der Waals surface area (Å²) in [6.45, 7) is 6.08. The molecule has 4 nitrogen and oxygen atoms in total. The molecule has 1 aliphatic heterocycles. The van der Waals surface area contributed by atoms with E-state index in [9.17, 15) is 4.79 Å². The van der Waals surface area contributed by atoms with Crippen molar-refractivity contribution < 1.29 is 4.79 Å². The summed E-state index contributed by atoms with van der Waals surface area (Å²) in [5, 5.41) is 2.94. The van der Waals surface area contributed by atoms with Crippen molar-refractivity contribution >= 4 is 22.6 Å². The van der Waals surface area contributed by atoms with Crippen LogP contribution in [0.15, 0.2) is 12.1 Å². The van der Waals surface area contributed by atoms with Gasteiger partial charge in [0.05, 0.1) is 16.4 Å². The third-order valence-electron chi connectivity index (χ3n) is 3.93. The van der Waals surface area contributed by atoms with E-state index in [0.717, 1.165) is 47.4 Å². The lowest BCUT2D eigenvalue weighted by Gasteiger charge is -2.14. The average molecular weight is 257 g/mol. The van der Waals surface area contributed by atoms with Crippen molar-refractivity contribution in [2.45, 2.75) is 45.4 Å². The van der Waals surface area contributed by atoms with Crippen molar-refractivity contribution in [1.82, 2.24) is 9.97 Å². The number of rotatable bonds is 3. The van der Waals surface area contributed by atoms with Crippen molar-refractivity contribution in [2.75, 3.05) is 5.32 Å². The lowest BCUT2D eigenvalue weighted by molar-refractivity contribution is -0.119. The van der Waals surface area contributed by atoms with Gasteiger partial charge in [-0.1, -0.05) is 13.3 Å². The van der Waals surface area contributed by atoms with Gasteiger partial charge < -0.3 is 10.3 Å². The molecule has 3 rings (SSSR count). The van der Waals surface area contributed by atoms with Gasteiger partial charge in [0.15, 0.2) is 0 Å². The van der Waals surface area contributed by atoms with Gasteiger partial charge in [-0.3, -0.25) is 4.79 Å². The standard InChI is InChI=1S/C15H19N3O/c1-4-5-6-13-16-11-7-9-10(8-12(11)17-13)18-14(19)15(9,2)3/h7-8H,4-6H2,1-3H3,(H,16,17)(H,18,19). The molecule has 0 unspecified atom stereocenters. The Balaban J connectivity index is 2.06. The highest BCUT2D eigenvalue weighted by atomic mass is 16.2. The van der Waals surface area contributed by atoms with E-state index in [4.69, 9.17) is 0 Å². The largest absolute Gasteiger partial charge is 0.342 e. The molecular weight excluding hydrogens is 238 g/mol. The third kappa shape index (κ3) is 1.82. The number of aromatic nitrogens is 2. The number of unbranched alkanes of at least 4 members (excludes halogenated alkanes) is 1. The van der Waals surface area contributed by atoms with Crippen LogP contribution in [0.1, 0.15) is 45.0 Å². The predicted molar refractivity (Wildman–Crippen MR) is 76.4 cm³/mol. The Morgan fingerprint density at radius 3 is 2.84 bits per heavy atom. The van der Waals surface area contributed by atoms with Gasteiger partial charge in [-0.25, -0.2) is 4.98 Å². The Morgan fingerprint density at radius 2 is 2.11 bits per heavy atom. The molecule has 2 heterocycles. The zero-order valence-electron chi connectivity index (χ0n) is 11.6. The van der Waals surface area contributed by atoms with Gasteiger partial charge >= 0.3 is 0 Å². The lowest BCUT2D eigenvalue weighted by atomic mass is 9.86. The van der Waals surface area contributed by atoms with Gasteiger partial charge in [0, 0.05) is 12.1 Å². The van der Waals surface area contributed by atoms with E-state index in [1.165, 1.54) is 0 Å². The minimum absolute atomic E-state index is 0.0568. The van der Waals surface area contributed by atoms with Crippen LogP contribution in [0.3, 0.4) is 0 Å². The summed E-state index contributed by atoms with van der Waals surface area (Å²) < 4.78 is 0. The molecule has 0 fully saturated rings. The van der Waals surface area contributed by atoms with Crippen LogP contribution in [0.5, 0.6) is 0 Å². The smallest absolute Gasteiger partial charge is 0.234 e. The van der Waals surface area contributed by atoms with Crippen molar-refractivity contribution in [2.24, 2.45) is 0 Å². The molecule has 0 aliphatic carbocycles. The predicted octanol–water partition coefficient (Wildman–Crippen LogP) is 3.14. The first-order valence-electron chi connectivity index (χ1n) is 6.87. The molecule has 1 amide bonds. The number of fused-ring (bicyclic) bond motifs is 2. The van der Waals surface area contributed by atoms with Crippen LogP contribution < -0.4 is 5.32 Å². The Labute approximate surface area is 112 Å². The molecule has 19 heavy (non-hydrogen) atoms. The molecule has 2 N–H and O–H groups in total. The number of H-pyrrole nitrogens is 1. The monoisotopic (exact) mass is 257 g/mol. The zero-order valence-corrected chi connectivity index (χ0v) is 11.6. The number of aryl methyl sites for hydroxylation is 1. The van der Waals surface area contributed by atoms with E-state index in [1.807, 2.05) is 19.9 Å². The molecule has 0 saturated carbocycles. The van der Waals surface area contributed by atoms with Crippen LogP contribution in [-0.4, -0.2) is 15.9 Å². The second-order valence-corrected chi connectivity index (χ2v) is 5.78. The number of carbonyl (C=O) groups excluding carboxylic acids is 1. The van der Waals surface area contributed by atoms with Crippen molar-refractivity contribution in [3.63, 3.8) is 0 Å². The molecule has 100 valence electrons. The molecule has 2 aromatic rings. The van der Waals surface area contributed by atoms with Crippen LogP contribution in [-0.2, 0) is 16.6 Å². The lowest BCUT2D eigenvalue weighted by Crippen LogP contribution is -2.26. The summed E-state index contributed by atoms with van der Waals surface area (Å²) in [5.41, 5.74) is 3.45. The fourth-order valence-corrected chi connectivity index (χ4v) is 2.59. The van der Waals surface area contributed by atoms with Crippen LogP contribution in [0, 0.1) is 0 Å². The van der Waals surface area contributed by atoms with Crippen molar-refractivity contribution in [1.29, 1.82) is 0 Å². The molecule has 1 aromatic carbocycles. The van der Waals surface area contributed by atoms with Gasteiger partial charge in [0.25, 0.3) is 0 Å². The quantitative estimate of drug-likeness (QED) is 0.887. The van der Waals surface area contributed by atoms with Gasteiger partial charge in [-0.15, -0.1) is 0 Å². The molecule has 0 bridgehead atoms. The Bertz CT molecular complexity index is 655. The molecule has 0 saturated heterocycles. The highest BCUT2D eigenvalue weighted by Crippen LogP contribution is 2.39. The Hall–Kier alpha value is -1.84. The molecular formula is C15H19N3O. The van der Waals surface area contributed by atoms with Crippen LogP contribution >= 0.6 is 0 Å². The highest BCUT2D eigenvalue weighted by Gasteiger charge is 2.38. The summed E-state index contributed by atoms with van der Waals surface area (Å²) in [7, 11) is 0. The van der Waals surface area contributed by atoms with E-state index in [-0.39, 0.29) is 5.91 Å². The van der Waals surface area contributed by atoms with E-state index in [1.54, 1.807) is 0 Å². The van der Waals surface area contributed by atoms with E-state index in [2.05, 4.69) is 28.3 Å². The van der Waals surface area contributed by atoms with Crippen LogP contribution in [0.4, 0.5) is 5.69 Å². The SMILES string of the molecule is CCCCc1nc2cc3c(cc2[nH]1)C(C)(C)C(=O)N3. The number of hydrogen-bond acceptors (Lipinski definition) is 2. The summed E-state index contributed by atoms with van der Waals surface area (Å²) in [6, 6.07) is 4.04. The molecule has 0 radical (unpaired) electrons. The van der Waals surface area contributed by atoms with Crippen molar-refractivity contribution in [3.8, 4) is 0 Å². The average Bonchev–Trinajstić information content (AvgIpc) is 2.85. The second-order valence-electron chi connectivity index (χ2n) is 5.78. The van der Waals surface area contributed by atoms with Crippen LogP contribution in [0.2, 0.25) is 0 Å². The first-order valence-corrected chi connectivity index (χ1v) is 6.87. The van der Waals surface area contributed by atoms with E-state index < -0.39 is 5.41 Å². The maximum absolute atomic E-state index is 11.9. The normalized spacial score (nSPS) is 16.7. The summed E-state index contributed by atoms with van der Waals surface area (Å²) in [6.07, 6.45) is 3.28. The highest BCUT2D eigenvalue weighted by molar-refractivity contribution is 6.07. The van der Waals surface area contributed by atoms with Gasteiger partial charge in [0.1, 0.15) is 5.82 Å². The summed E-state index contributed by atoms with van der Waals surface area (Å²) in [5.74, 6) is 1.09. The van der Waals surface area contributed by atoms with E-state index >= 15 is 0 Å². The first kappa shape index (κ1) is 12.2. The Morgan fingerprint density at radius 1 is 1.32 bits per heavy atom. The van der Waals surface area contributed by atoms with Crippen molar-refractivity contribution in [3.05, 3.63) is 23.5 Å².